The molecule has 5 rings (SSSR count). The molecule has 1 saturated carbocycles. The number of likely N-dealkylation sites (tertiary alicyclic amines) is 1. The first-order valence-electron chi connectivity index (χ1n) is 15.1. The Morgan fingerprint density at radius 3 is 2.09 bits per heavy atom. The van der Waals surface area contributed by atoms with Crippen LogP contribution in [0, 0.1) is 5.92 Å². The number of nitrogens with one attached hydrogen (secondary N) is 1. The van der Waals surface area contributed by atoms with E-state index in [2.05, 4.69) is 0 Å². The smallest absolute Gasteiger partial charge is 0.298 e. The largest absolute Gasteiger partial charge is 0.493 e. The molecule has 2 fully saturated rings. The summed E-state index contributed by atoms with van der Waals surface area (Å²) in [4.78, 5) is 14.6. The van der Waals surface area contributed by atoms with Gasteiger partial charge >= 0.3 is 0 Å². The second-order valence-corrected chi connectivity index (χ2v) is 13.3. The summed E-state index contributed by atoms with van der Waals surface area (Å²) < 4.78 is 72.9. The summed E-state index contributed by atoms with van der Waals surface area (Å²) in [6.45, 7) is 0.859. The third-order valence-corrected chi connectivity index (χ3v) is 9.74. The van der Waals surface area contributed by atoms with E-state index in [1.807, 2.05) is 10.8 Å². The van der Waals surface area contributed by atoms with Crippen LogP contribution in [0.5, 0.6) is 17.2 Å². The van der Waals surface area contributed by atoms with Crippen molar-refractivity contribution in [3.05, 3.63) is 84.4 Å². The van der Waals surface area contributed by atoms with Gasteiger partial charge in [-0.15, -0.1) is 0 Å². The molecule has 0 bridgehead atoms. The number of hydrogen-bond donors (Lipinski definition) is 2. The van der Waals surface area contributed by atoms with Gasteiger partial charge in [0.05, 0.1) is 11.5 Å². The van der Waals surface area contributed by atoms with Gasteiger partial charge in [0.2, 0.25) is 15.9 Å². The van der Waals surface area contributed by atoms with E-state index in [0.717, 1.165) is 25.0 Å². The number of carbonyl (C=O) groups excluding carboxylic acids is 1. The summed E-state index contributed by atoms with van der Waals surface area (Å²) >= 11 is 0. The van der Waals surface area contributed by atoms with Crippen molar-refractivity contribution >= 4 is 15.9 Å². The van der Waals surface area contributed by atoms with Gasteiger partial charge in [0, 0.05) is 24.7 Å². The predicted molar refractivity (Wildman–Crippen MR) is 163 cm³/mol. The van der Waals surface area contributed by atoms with E-state index in [4.69, 9.17) is 15.2 Å². The van der Waals surface area contributed by atoms with Crippen LogP contribution in [0.2, 0.25) is 0 Å². The first-order valence-corrected chi connectivity index (χ1v) is 16.6. The lowest BCUT2D eigenvalue weighted by Crippen LogP contribution is -2.57. The lowest BCUT2D eigenvalue weighted by molar-refractivity contribution is -0.145. The number of para-hydroxylation sites is 1. The molecular weight excluding hydrogens is 588 g/mol. The topological polar surface area (TPSA) is 111 Å². The van der Waals surface area contributed by atoms with Gasteiger partial charge in [-0.3, -0.25) is 4.79 Å². The SMILES string of the molecule is NC1CCN(C(=O)[C@H](NS(=O)(=O)c2ccc(OCC3CCCCC3)cc2)C(F)(F)c2ccc(Oc3ccccc3)cc2)CC1. The quantitative estimate of drug-likeness (QED) is 0.277. The zero-order valence-corrected chi connectivity index (χ0v) is 25.4. The molecule has 0 radical (unpaired) electrons. The minimum atomic E-state index is -4.53. The highest BCUT2D eigenvalue weighted by molar-refractivity contribution is 7.89. The van der Waals surface area contributed by atoms with Crippen molar-refractivity contribution in [3.63, 3.8) is 0 Å². The van der Waals surface area contributed by atoms with Gasteiger partial charge in [-0.1, -0.05) is 37.5 Å². The van der Waals surface area contributed by atoms with E-state index < -0.39 is 33.5 Å². The number of alkyl halides is 2. The van der Waals surface area contributed by atoms with Gasteiger partial charge in [0.15, 0.2) is 6.04 Å². The van der Waals surface area contributed by atoms with E-state index in [0.29, 0.717) is 42.6 Å². The summed E-state index contributed by atoms with van der Waals surface area (Å²) in [5.41, 5.74) is 5.42. The van der Waals surface area contributed by atoms with Crippen molar-refractivity contribution in [2.45, 2.75) is 67.8 Å². The Kier molecular flexibility index (Phi) is 10.2. The van der Waals surface area contributed by atoms with Crippen LogP contribution in [0.1, 0.15) is 50.5 Å². The maximum Gasteiger partial charge on any atom is 0.298 e. The molecule has 3 aromatic carbocycles. The molecular formula is C33H39F2N3O5S. The molecule has 236 valence electrons. The van der Waals surface area contributed by atoms with Gasteiger partial charge in [-0.05, 0) is 92.3 Å². The molecule has 1 amide bonds. The van der Waals surface area contributed by atoms with Crippen LogP contribution in [0.4, 0.5) is 8.78 Å². The number of carbonyl (C=O) groups is 1. The number of nitrogens with two attached hydrogens (primary N) is 1. The Hall–Kier alpha value is -3.54. The maximum atomic E-state index is 16.2. The first-order chi connectivity index (χ1) is 21.1. The normalized spacial score (nSPS) is 17.7. The fraction of sp³-hybridized carbons (Fsp3) is 0.424. The molecule has 1 heterocycles. The molecule has 3 N–H and O–H groups in total. The first kappa shape index (κ1) is 31.9. The lowest BCUT2D eigenvalue weighted by atomic mass is 9.90. The zero-order valence-electron chi connectivity index (χ0n) is 24.5. The molecule has 3 aromatic rings. The van der Waals surface area contributed by atoms with E-state index in [9.17, 15) is 13.2 Å². The molecule has 1 aliphatic carbocycles. The molecule has 2 aliphatic rings. The Morgan fingerprint density at radius 1 is 0.864 bits per heavy atom. The van der Waals surface area contributed by atoms with Crippen molar-refractivity contribution in [2.75, 3.05) is 19.7 Å². The third kappa shape index (κ3) is 7.94. The number of rotatable bonds is 11. The number of piperidine rings is 1. The fourth-order valence-corrected chi connectivity index (χ4v) is 6.81. The molecule has 8 nitrogen and oxygen atoms in total. The van der Waals surface area contributed by atoms with E-state index in [1.165, 1.54) is 60.6 Å². The zero-order chi connectivity index (χ0) is 31.2. The molecule has 1 saturated heterocycles. The Labute approximate surface area is 257 Å². The summed E-state index contributed by atoms with van der Waals surface area (Å²) in [5.74, 6) is -3.10. The minimum Gasteiger partial charge on any atom is -0.493 e. The van der Waals surface area contributed by atoms with Crippen molar-refractivity contribution in [3.8, 4) is 17.2 Å². The fourth-order valence-electron chi connectivity index (χ4n) is 5.62. The summed E-state index contributed by atoms with van der Waals surface area (Å²) in [6.07, 6.45) is 6.67. The standard InChI is InChI=1S/C33H39F2N3O5S/c34-33(35,25-11-13-29(14-12-25)43-28-9-5-2-6-10-28)31(32(39)38-21-19-26(36)20-22-38)37-44(40,41)30-17-15-27(16-18-30)42-23-24-7-3-1-4-8-24/h2,5-6,9-18,24,26,31,37H,1,3-4,7-8,19-23,36H2/t31-/m0/s1. The number of benzene rings is 3. The van der Waals surface area contributed by atoms with Crippen LogP contribution in [-0.2, 0) is 20.7 Å². The molecule has 1 atom stereocenters. The van der Waals surface area contributed by atoms with Crippen molar-refractivity contribution < 1.29 is 31.5 Å². The highest BCUT2D eigenvalue weighted by Gasteiger charge is 2.50. The molecule has 11 heteroatoms. The van der Waals surface area contributed by atoms with Gasteiger partial charge in [-0.25, -0.2) is 8.42 Å². The number of sulfonamides is 1. The monoisotopic (exact) mass is 627 g/mol. The Bertz CT molecular complexity index is 1470. The average Bonchev–Trinajstić information content (AvgIpc) is 3.04. The van der Waals surface area contributed by atoms with Gasteiger partial charge in [0.1, 0.15) is 17.2 Å². The second-order valence-electron chi connectivity index (χ2n) is 11.6. The number of amides is 1. The van der Waals surface area contributed by atoms with E-state index >= 15 is 8.78 Å². The van der Waals surface area contributed by atoms with Crippen LogP contribution in [0.15, 0.2) is 83.8 Å². The third-order valence-electron chi connectivity index (χ3n) is 8.30. The average molecular weight is 628 g/mol. The minimum absolute atomic E-state index is 0.147. The van der Waals surface area contributed by atoms with Crippen molar-refractivity contribution in [1.29, 1.82) is 0 Å². The summed E-state index contributed by atoms with van der Waals surface area (Å²) in [5, 5.41) is 0. The second kappa shape index (κ2) is 14.0. The maximum absolute atomic E-state index is 16.2. The van der Waals surface area contributed by atoms with Crippen molar-refractivity contribution in [1.82, 2.24) is 9.62 Å². The summed E-state index contributed by atoms with van der Waals surface area (Å²) in [7, 11) is -4.53. The highest BCUT2D eigenvalue weighted by Crippen LogP contribution is 2.36. The summed E-state index contributed by atoms with van der Waals surface area (Å²) in [6, 6.07) is 16.9. The molecule has 0 spiro atoms. The van der Waals surface area contributed by atoms with Crippen LogP contribution < -0.4 is 19.9 Å². The molecule has 44 heavy (non-hydrogen) atoms. The van der Waals surface area contributed by atoms with Crippen LogP contribution in [0.3, 0.4) is 0 Å². The van der Waals surface area contributed by atoms with Crippen molar-refractivity contribution in [2.24, 2.45) is 11.7 Å². The van der Waals surface area contributed by atoms with Crippen LogP contribution in [-0.4, -0.2) is 51.0 Å². The lowest BCUT2D eigenvalue weighted by Gasteiger charge is -2.35. The number of halogens is 2. The van der Waals surface area contributed by atoms with Gasteiger partial charge in [-0.2, -0.15) is 13.5 Å². The Morgan fingerprint density at radius 2 is 1.45 bits per heavy atom. The highest BCUT2D eigenvalue weighted by atomic mass is 32.2. The van der Waals surface area contributed by atoms with Crippen LogP contribution >= 0.6 is 0 Å². The van der Waals surface area contributed by atoms with Crippen LogP contribution in [0.25, 0.3) is 0 Å². The number of hydrogen-bond acceptors (Lipinski definition) is 6. The van der Waals surface area contributed by atoms with E-state index in [1.54, 1.807) is 24.3 Å². The Balaban J connectivity index is 1.35. The molecule has 0 unspecified atom stereocenters. The predicted octanol–water partition coefficient (Wildman–Crippen LogP) is 5.83. The number of nitrogens with zero attached hydrogens (tertiary/aromatic N) is 1. The number of ether oxygens (including phenoxy) is 2. The molecule has 1 aliphatic heterocycles. The van der Waals surface area contributed by atoms with E-state index in [-0.39, 0.29) is 24.0 Å². The molecule has 0 aromatic heterocycles. The van der Waals surface area contributed by atoms with Gasteiger partial charge < -0.3 is 20.1 Å². The van der Waals surface area contributed by atoms with Gasteiger partial charge in [0.25, 0.3) is 5.92 Å².